The molecule has 1 aromatic carbocycles. The van der Waals surface area contributed by atoms with E-state index >= 15 is 0 Å². The van der Waals surface area contributed by atoms with E-state index in [0.29, 0.717) is 5.69 Å². The van der Waals surface area contributed by atoms with Gasteiger partial charge in [0.05, 0.1) is 19.8 Å². The molecule has 24 heavy (non-hydrogen) atoms. The van der Waals surface area contributed by atoms with Crippen LogP contribution in [-0.2, 0) is 11.3 Å². The topological polar surface area (TPSA) is 57.7 Å². The first-order chi connectivity index (χ1) is 11.6. The van der Waals surface area contributed by atoms with Crippen molar-refractivity contribution in [2.75, 3.05) is 50.6 Å². The number of morpholine rings is 1. The predicted octanol–water partition coefficient (Wildman–Crippen LogP) is 2.29. The fourth-order valence-electron chi connectivity index (χ4n) is 2.48. The summed E-state index contributed by atoms with van der Waals surface area (Å²) in [5.74, 6) is -0.169. The summed E-state index contributed by atoms with van der Waals surface area (Å²) in [6, 6.07) is 7.74. The van der Waals surface area contributed by atoms with Crippen molar-refractivity contribution < 1.29 is 9.53 Å². The molecule has 0 radical (unpaired) electrons. The molecule has 1 N–H and O–H groups in total. The monoisotopic (exact) mass is 346 g/mol. The van der Waals surface area contributed by atoms with Crippen LogP contribution in [0.3, 0.4) is 0 Å². The maximum atomic E-state index is 12.3. The lowest BCUT2D eigenvalue weighted by atomic mass is 10.2. The number of nitrogens with zero attached hydrogens (tertiary/aromatic N) is 3. The number of nitrogens with one attached hydrogen (secondary N) is 1. The summed E-state index contributed by atoms with van der Waals surface area (Å²) in [5.41, 5.74) is 2.34. The Labute approximate surface area is 146 Å². The zero-order valence-electron chi connectivity index (χ0n) is 14.0. The van der Waals surface area contributed by atoms with E-state index in [-0.39, 0.29) is 5.91 Å². The van der Waals surface area contributed by atoms with E-state index < -0.39 is 0 Å². The van der Waals surface area contributed by atoms with E-state index in [0.717, 1.165) is 49.2 Å². The number of benzene rings is 1. The van der Waals surface area contributed by atoms with Crippen LogP contribution in [0.2, 0.25) is 0 Å². The van der Waals surface area contributed by atoms with E-state index in [1.54, 1.807) is 0 Å². The van der Waals surface area contributed by atoms with Gasteiger partial charge < -0.3 is 15.0 Å². The number of ether oxygens (including phenoxy) is 1. The number of hydrogen-bond donors (Lipinski definition) is 1. The quantitative estimate of drug-likeness (QED) is 0.900. The lowest BCUT2D eigenvalue weighted by molar-refractivity contribution is 0.0341. The molecule has 1 aromatic heterocycles. The largest absolute Gasteiger partial charge is 0.379 e. The molecule has 0 spiro atoms. The molecule has 1 amide bonds. The molecule has 0 saturated carbocycles. The SMILES string of the molecule is CN(C)c1ccc(NC(=O)c2csc(CN3CCOCC3)n2)cc1. The highest BCUT2D eigenvalue weighted by atomic mass is 32.1. The molecular weight excluding hydrogens is 324 g/mol. The van der Waals surface area contributed by atoms with Gasteiger partial charge in [-0.25, -0.2) is 4.98 Å². The number of hydrogen-bond acceptors (Lipinski definition) is 6. The van der Waals surface area contributed by atoms with E-state index in [9.17, 15) is 4.79 Å². The minimum atomic E-state index is -0.169. The molecule has 0 bridgehead atoms. The molecule has 0 aliphatic carbocycles. The second kappa shape index (κ2) is 7.74. The standard InChI is InChI=1S/C17H22N4O2S/c1-20(2)14-5-3-13(4-6-14)18-17(22)15-12-24-16(19-15)11-21-7-9-23-10-8-21/h3-6,12H,7-11H2,1-2H3,(H,18,22). The van der Waals surface area contributed by atoms with Crippen LogP contribution >= 0.6 is 11.3 Å². The maximum Gasteiger partial charge on any atom is 0.275 e. The summed E-state index contributed by atoms with van der Waals surface area (Å²) >= 11 is 1.53. The van der Waals surface area contributed by atoms with Crippen molar-refractivity contribution in [2.24, 2.45) is 0 Å². The Bertz CT molecular complexity index is 678. The molecule has 1 fully saturated rings. The minimum Gasteiger partial charge on any atom is -0.379 e. The van der Waals surface area contributed by atoms with Crippen LogP contribution in [0.5, 0.6) is 0 Å². The number of rotatable bonds is 5. The van der Waals surface area contributed by atoms with Gasteiger partial charge in [0.25, 0.3) is 5.91 Å². The highest BCUT2D eigenvalue weighted by Crippen LogP contribution is 2.18. The Kier molecular flexibility index (Phi) is 5.44. The van der Waals surface area contributed by atoms with Gasteiger partial charge in [-0.1, -0.05) is 0 Å². The first-order valence-electron chi connectivity index (χ1n) is 7.95. The Morgan fingerprint density at radius 1 is 1.29 bits per heavy atom. The van der Waals surface area contributed by atoms with Crippen LogP contribution in [0.1, 0.15) is 15.5 Å². The van der Waals surface area contributed by atoms with Gasteiger partial charge in [-0.05, 0) is 24.3 Å². The van der Waals surface area contributed by atoms with Gasteiger partial charge in [-0.3, -0.25) is 9.69 Å². The number of carbonyl (C=O) groups is 1. The lowest BCUT2D eigenvalue weighted by Gasteiger charge is -2.25. The number of thiazole rings is 1. The van der Waals surface area contributed by atoms with Gasteiger partial charge in [-0.15, -0.1) is 11.3 Å². The van der Waals surface area contributed by atoms with E-state index in [1.165, 1.54) is 11.3 Å². The van der Waals surface area contributed by atoms with Crippen molar-refractivity contribution in [1.82, 2.24) is 9.88 Å². The second-order valence-corrected chi connectivity index (χ2v) is 6.85. The second-order valence-electron chi connectivity index (χ2n) is 5.91. The lowest BCUT2D eigenvalue weighted by Crippen LogP contribution is -2.35. The third-order valence-corrected chi connectivity index (χ3v) is 4.72. The Morgan fingerprint density at radius 2 is 2.00 bits per heavy atom. The maximum absolute atomic E-state index is 12.3. The molecule has 7 heteroatoms. The highest BCUT2D eigenvalue weighted by Gasteiger charge is 2.15. The van der Waals surface area contributed by atoms with E-state index in [4.69, 9.17) is 4.74 Å². The van der Waals surface area contributed by atoms with Crippen molar-refractivity contribution in [2.45, 2.75) is 6.54 Å². The van der Waals surface area contributed by atoms with Gasteiger partial charge in [-0.2, -0.15) is 0 Å². The fraction of sp³-hybridized carbons (Fsp3) is 0.412. The van der Waals surface area contributed by atoms with Crippen LogP contribution in [0.15, 0.2) is 29.6 Å². The molecule has 6 nitrogen and oxygen atoms in total. The number of anilines is 2. The summed E-state index contributed by atoms with van der Waals surface area (Å²) in [5, 5.41) is 5.68. The third kappa shape index (κ3) is 4.31. The molecule has 2 heterocycles. The zero-order valence-corrected chi connectivity index (χ0v) is 14.8. The van der Waals surface area contributed by atoms with Crippen molar-refractivity contribution in [3.63, 3.8) is 0 Å². The number of carbonyl (C=O) groups excluding carboxylic acids is 1. The first kappa shape index (κ1) is 16.9. The molecule has 1 saturated heterocycles. The third-order valence-electron chi connectivity index (χ3n) is 3.89. The zero-order chi connectivity index (χ0) is 16.9. The van der Waals surface area contributed by atoms with E-state index in [2.05, 4.69) is 15.2 Å². The van der Waals surface area contributed by atoms with Crippen LogP contribution < -0.4 is 10.2 Å². The fourth-order valence-corrected chi connectivity index (χ4v) is 3.29. The summed E-state index contributed by atoms with van der Waals surface area (Å²) in [6.45, 7) is 4.14. The summed E-state index contributed by atoms with van der Waals surface area (Å²) in [4.78, 5) is 21.1. The average molecular weight is 346 g/mol. The van der Waals surface area contributed by atoms with Crippen LogP contribution in [0.4, 0.5) is 11.4 Å². The highest BCUT2D eigenvalue weighted by molar-refractivity contribution is 7.09. The molecule has 0 atom stereocenters. The van der Waals surface area contributed by atoms with Crippen LogP contribution in [0, 0.1) is 0 Å². The minimum absolute atomic E-state index is 0.169. The number of amides is 1. The molecule has 2 aromatic rings. The molecule has 0 unspecified atom stereocenters. The average Bonchev–Trinajstić information content (AvgIpc) is 3.05. The van der Waals surface area contributed by atoms with Crippen LogP contribution in [0.25, 0.3) is 0 Å². The number of aromatic nitrogens is 1. The summed E-state index contributed by atoms with van der Waals surface area (Å²) in [6.07, 6.45) is 0. The molecule has 128 valence electrons. The normalized spacial score (nSPS) is 15.2. The van der Waals surface area contributed by atoms with E-state index in [1.807, 2.05) is 48.6 Å². The summed E-state index contributed by atoms with van der Waals surface area (Å²) < 4.78 is 5.34. The Balaban J connectivity index is 1.58. The van der Waals surface area contributed by atoms with Gasteiger partial charge >= 0.3 is 0 Å². The van der Waals surface area contributed by atoms with Crippen LogP contribution in [-0.4, -0.2) is 56.2 Å². The van der Waals surface area contributed by atoms with Gasteiger partial charge in [0, 0.05) is 43.9 Å². The first-order valence-corrected chi connectivity index (χ1v) is 8.83. The Hall–Kier alpha value is -1.96. The summed E-state index contributed by atoms with van der Waals surface area (Å²) in [7, 11) is 3.97. The predicted molar refractivity (Wildman–Crippen MR) is 96.9 cm³/mol. The van der Waals surface area contributed by atoms with Crippen molar-refractivity contribution in [3.05, 3.63) is 40.3 Å². The Morgan fingerprint density at radius 3 is 2.67 bits per heavy atom. The smallest absolute Gasteiger partial charge is 0.275 e. The molecule has 1 aliphatic rings. The van der Waals surface area contributed by atoms with Gasteiger partial charge in [0.1, 0.15) is 10.7 Å². The van der Waals surface area contributed by atoms with Crippen molar-refractivity contribution in [3.8, 4) is 0 Å². The molecule has 3 rings (SSSR count). The molecular formula is C17H22N4O2S. The molecule has 1 aliphatic heterocycles. The van der Waals surface area contributed by atoms with Crippen molar-refractivity contribution >= 4 is 28.6 Å². The van der Waals surface area contributed by atoms with Crippen molar-refractivity contribution in [1.29, 1.82) is 0 Å². The van der Waals surface area contributed by atoms with Gasteiger partial charge in [0.15, 0.2) is 0 Å². The van der Waals surface area contributed by atoms with Gasteiger partial charge in [0.2, 0.25) is 0 Å².